The second-order valence-corrected chi connectivity index (χ2v) is 10.2. The zero-order chi connectivity index (χ0) is 26.2. The number of aromatic hydroxyl groups is 2. The van der Waals surface area contributed by atoms with E-state index in [4.69, 9.17) is 9.47 Å². The van der Waals surface area contributed by atoms with E-state index in [1.54, 1.807) is 38.5 Å². The van der Waals surface area contributed by atoms with Gasteiger partial charge in [-0.3, -0.25) is 14.5 Å². The molecule has 2 aliphatic heterocycles. The number of nitrogens with zero attached hydrogens (tertiary/aromatic N) is 1. The van der Waals surface area contributed by atoms with Crippen LogP contribution in [0.15, 0.2) is 42.5 Å². The van der Waals surface area contributed by atoms with E-state index in [9.17, 15) is 24.9 Å². The Morgan fingerprint density at radius 3 is 2.19 bits per heavy atom. The van der Waals surface area contributed by atoms with E-state index in [2.05, 4.69) is 4.90 Å². The molecule has 3 atom stereocenters. The largest absolute Gasteiger partial charge is 0.507 e. The van der Waals surface area contributed by atoms with Crippen LogP contribution in [-0.4, -0.2) is 57.6 Å². The molecular weight excluding hydrogens is 474 g/mol. The van der Waals surface area contributed by atoms with Crippen LogP contribution in [0.4, 0.5) is 0 Å². The van der Waals surface area contributed by atoms with Crippen molar-refractivity contribution < 1.29 is 34.4 Å². The molecule has 6 rings (SSSR count). The number of phenols is 2. The third-order valence-electron chi connectivity index (χ3n) is 8.33. The van der Waals surface area contributed by atoms with Crippen molar-refractivity contribution >= 4 is 11.6 Å². The van der Waals surface area contributed by atoms with Crippen LogP contribution >= 0.6 is 0 Å². The first-order chi connectivity index (χ1) is 17.7. The van der Waals surface area contributed by atoms with Crippen molar-refractivity contribution in [1.29, 1.82) is 0 Å². The Morgan fingerprint density at radius 2 is 1.57 bits per heavy atom. The number of fused-ring (bicyclic) bond motifs is 6. The van der Waals surface area contributed by atoms with E-state index in [1.165, 1.54) is 0 Å². The van der Waals surface area contributed by atoms with Gasteiger partial charge < -0.3 is 24.8 Å². The second-order valence-electron chi connectivity index (χ2n) is 10.2. The molecule has 3 aromatic carbocycles. The molecule has 0 aromatic heterocycles. The van der Waals surface area contributed by atoms with Crippen molar-refractivity contribution in [3.63, 3.8) is 0 Å². The van der Waals surface area contributed by atoms with Crippen LogP contribution < -0.4 is 9.47 Å². The Labute approximate surface area is 213 Å². The molecule has 1 aliphatic carbocycles. The maximum absolute atomic E-state index is 13.4. The smallest absolute Gasteiger partial charge is 0.198 e. The van der Waals surface area contributed by atoms with E-state index in [0.29, 0.717) is 35.6 Å². The molecule has 3 aliphatic rings. The molecule has 8 heteroatoms. The Bertz CT molecular complexity index is 1500. The monoisotopic (exact) mass is 501 g/mol. The summed E-state index contributed by atoms with van der Waals surface area (Å²) in [5.74, 6) is -0.401. The second kappa shape index (κ2) is 8.06. The number of aliphatic hydroxyl groups excluding tert-OH is 1. The fourth-order valence-electron chi connectivity index (χ4n) is 6.38. The number of hydrogen-bond donors (Lipinski definition) is 3. The van der Waals surface area contributed by atoms with Crippen molar-refractivity contribution in [2.75, 3.05) is 14.2 Å². The van der Waals surface area contributed by atoms with Crippen LogP contribution in [0.1, 0.15) is 67.9 Å². The summed E-state index contributed by atoms with van der Waals surface area (Å²) in [7, 11) is 3.13. The highest BCUT2D eigenvalue weighted by Crippen LogP contribution is 2.57. The number of benzene rings is 3. The number of aliphatic hydroxyl groups is 1. The minimum atomic E-state index is -0.775. The molecule has 37 heavy (non-hydrogen) atoms. The van der Waals surface area contributed by atoms with Crippen molar-refractivity contribution in [1.82, 2.24) is 4.90 Å². The zero-order valence-corrected chi connectivity index (χ0v) is 20.7. The van der Waals surface area contributed by atoms with Crippen LogP contribution in [0, 0.1) is 0 Å². The van der Waals surface area contributed by atoms with Gasteiger partial charge in [-0.25, -0.2) is 0 Å². The standard InChI is InChI=1S/C29H27NO7/c1-29-12-17-22(18(11-21(29)31)30(29)13-14-8-9-19(36-2)20(10-14)37-3)28(35)24-23(27(17)34)25(32)15-6-4-5-7-16(15)26(24)33/h4-10,18,21,31,34-35H,11-13H2,1-3H3. The molecule has 0 radical (unpaired) electrons. The zero-order valence-electron chi connectivity index (χ0n) is 20.7. The van der Waals surface area contributed by atoms with Gasteiger partial charge in [-0.05, 0) is 37.5 Å². The van der Waals surface area contributed by atoms with E-state index in [1.807, 2.05) is 25.1 Å². The third kappa shape index (κ3) is 3.09. The first-order valence-corrected chi connectivity index (χ1v) is 12.2. The first-order valence-electron chi connectivity index (χ1n) is 12.2. The fourth-order valence-corrected chi connectivity index (χ4v) is 6.38. The van der Waals surface area contributed by atoms with E-state index in [0.717, 1.165) is 5.56 Å². The van der Waals surface area contributed by atoms with Gasteiger partial charge in [0, 0.05) is 40.4 Å². The van der Waals surface area contributed by atoms with Crippen LogP contribution in [0.3, 0.4) is 0 Å². The van der Waals surface area contributed by atoms with E-state index < -0.39 is 29.3 Å². The Kier molecular flexibility index (Phi) is 5.12. The molecule has 3 N–H and O–H groups in total. The highest BCUT2D eigenvalue weighted by Gasteiger charge is 2.56. The van der Waals surface area contributed by atoms with Gasteiger partial charge in [-0.1, -0.05) is 30.3 Å². The minimum absolute atomic E-state index is 0.161. The summed E-state index contributed by atoms with van der Waals surface area (Å²) in [6, 6.07) is 11.5. The normalized spacial score (nSPS) is 23.9. The number of ether oxygens (including phenoxy) is 2. The van der Waals surface area contributed by atoms with Gasteiger partial charge in [-0.2, -0.15) is 0 Å². The summed E-state index contributed by atoms with van der Waals surface area (Å²) in [6.07, 6.45) is -0.255. The van der Waals surface area contributed by atoms with Gasteiger partial charge in [0.2, 0.25) is 0 Å². The average molecular weight is 502 g/mol. The number of hydrogen-bond acceptors (Lipinski definition) is 8. The molecule has 0 saturated carbocycles. The number of methoxy groups -OCH3 is 2. The third-order valence-corrected chi connectivity index (χ3v) is 8.33. The van der Waals surface area contributed by atoms with Gasteiger partial charge >= 0.3 is 0 Å². The predicted octanol–water partition coefficient (Wildman–Crippen LogP) is 3.51. The van der Waals surface area contributed by atoms with E-state index in [-0.39, 0.29) is 40.2 Å². The van der Waals surface area contributed by atoms with Crippen molar-refractivity contribution in [2.45, 2.75) is 44.0 Å². The number of phenolic OH excluding ortho intramolecular Hbond substituents is 2. The molecule has 0 spiro atoms. The molecule has 190 valence electrons. The summed E-state index contributed by atoms with van der Waals surface area (Å²) in [5, 5.41) is 34.1. The van der Waals surface area contributed by atoms with Gasteiger partial charge in [0.05, 0.1) is 31.5 Å². The van der Waals surface area contributed by atoms with Crippen LogP contribution in [0.25, 0.3) is 0 Å². The Balaban J connectivity index is 1.50. The number of carbonyl (C=O) groups is 2. The summed E-state index contributed by atoms with van der Waals surface area (Å²) >= 11 is 0. The summed E-state index contributed by atoms with van der Waals surface area (Å²) < 4.78 is 10.8. The maximum Gasteiger partial charge on any atom is 0.198 e. The van der Waals surface area contributed by atoms with E-state index >= 15 is 0 Å². The van der Waals surface area contributed by atoms with Crippen LogP contribution in [0.5, 0.6) is 23.0 Å². The van der Waals surface area contributed by atoms with Crippen molar-refractivity contribution in [3.8, 4) is 23.0 Å². The molecule has 2 bridgehead atoms. The summed E-state index contributed by atoms with van der Waals surface area (Å²) in [4.78, 5) is 28.9. The topological polar surface area (TPSA) is 117 Å². The lowest BCUT2D eigenvalue weighted by Gasteiger charge is -2.45. The average Bonchev–Trinajstić information content (AvgIpc) is 3.05. The van der Waals surface area contributed by atoms with Gasteiger partial charge in [-0.15, -0.1) is 0 Å². The van der Waals surface area contributed by atoms with Crippen molar-refractivity contribution in [3.05, 3.63) is 81.4 Å². The maximum atomic E-state index is 13.4. The number of carbonyl (C=O) groups excluding carboxylic acids is 2. The summed E-state index contributed by atoms with van der Waals surface area (Å²) in [6.45, 7) is 2.34. The molecule has 0 amide bonds. The highest BCUT2D eigenvalue weighted by molar-refractivity contribution is 6.30. The van der Waals surface area contributed by atoms with Crippen molar-refractivity contribution in [2.24, 2.45) is 0 Å². The molecular formula is C29H27NO7. The van der Waals surface area contributed by atoms with Gasteiger partial charge in [0.15, 0.2) is 23.1 Å². The SMILES string of the molecule is COc1ccc(CN2C3CC(O)C2(C)Cc2c(O)c4c(c(O)c23)C(=O)c2ccccc2C4=O)cc1OC. The number of ketones is 2. The lowest BCUT2D eigenvalue weighted by atomic mass is 9.76. The predicted molar refractivity (Wildman–Crippen MR) is 134 cm³/mol. The quantitative estimate of drug-likeness (QED) is 0.364. The fraction of sp³-hybridized carbons (Fsp3) is 0.310. The molecule has 3 unspecified atom stereocenters. The molecule has 8 nitrogen and oxygen atoms in total. The lowest BCUT2D eigenvalue weighted by molar-refractivity contribution is 0.0182. The first kappa shape index (κ1) is 23.5. The minimum Gasteiger partial charge on any atom is -0.507 e. The molecule has 2 heterocycles. The molecule has 3 aromatic rings. The molecule has 1 saturated heterocycles. The Morgan fingerprint density at radius 1 is 0.946 bits per heavy atom. The lowest BCUT2D eigenvalue weighted by Crippen LogP contribution is -2.52. The highest BCUT2D eigenvalue weighted by atomic mass is 16.5. The van der Waals surface area contributed by atoms with Gasteiger partial charge in [0.1, 0.15) is 11.5 Å². The number of rotatable bonds is 4. The van der Waals surface area contributed by atoms with Crippen LogP contribution in [0.2, 0.25) is 0 Å². The summed E-state index contributed by atoms with van der Waals surface area (Å²) in [5.41, 5.74) is 1.01. The van der Waals surface area contributed by atoms with Gasteiger partial charge in [0.25, 0.3) is 0 Å². The van der Waals surface area contributed by atoms with Crippen LogP contribution in [-0.2, 0) is 13.0 Å². The Hall–Kier alpha value is -3.88. The molecule has 1 fully saturated rings.